The van der Waals surface area contributed by atoms with Gasteiger partial charge in [-0.3, -0.25) is 19.5 Å². The highest BCUT2D eigenvalue weighted by atomic mass is 16.5. The van der Waals surface area contributed by atoms with Crippen LogP contribution >= 0.6 is 0 Å². The highest BCUT2D eigenvalue weighted by molar-refractivity contribution is 6.17. The standard InChI is InChI=1S/C25H25N3O6/c1-31-17-7-9-21(33-3)19(12-17)27-24(30)25(16-6-5-11-26-15-16)14-23(29)28(25)20-13-18(32-2)8-10-22(20)34-4/h5-13,15H,14H2,1-4H3,(H,27,30). The smallest absolute Gasteiger partial charge is 0.256 e. The van der Waals surface area contributed by atoms with E-state index in [1.165, 1.54) is 33.3 Å². The molecular formula is C25H25N3O6. The van der Waals surface area contributed by atoms with Crippen LogP contribution < -0.4 is 29.2 Å². The summed E-state index contributed by atoms with van der Waals surface area (Å²) in [6.07, 6.45) is 3.13. The highest BCUT2D eigenvalue weighted by Crippen LogP contribution is 2.49. The van der Waals surface area contributed by atoms with E-state index < -0.39 is 11.4 Å². The lowest BCUT2D eigenvalue weighted by Gasteiger charge is -2.50. The van der Waals surface area contributed by atoms with Crippen molar-refractivity contribution in [3.63, 3.8) is 0 Å². The topological polar surface area (TPSA) is 99.2 Å². The van der Waals surface area contributed by atoms with E-state index in [9.17, 15) is 9.59 Å². The number of carbonyl (C=O) groups is 2. The quantitative estimate of drug-likeness (QED) is 0.511. The predicted molar refractivity (Wildman–Crippen MR) is 126 cm³/mol. The molecule has 1 unspecified atom stereocenters. The van der Waals surface area contributed by atoms with Crippen LogP contribution in [0.5, 0.6) is 23.0 Å². The third-order valence-electron chi connectivity index (χ3n) is 5.83. The number of methoxy groups -OCH3 is 4. The van der Waals surface area contributed by atoms with E-state index in [4.69, 9.17) is 18.9 Å². The molecule has 1 N–H and O–H groups in total. The minimum atomic E-state index is -1.38. The molecule has 1 aromatic heterocycles. The molecule has 1 fully saturated rings. The molecule has 9 nitrogen and oxygen atoms in total. The second-order valence-electron chi connectivity index (χ2n) is 7.57. The number of hydrogen-bond acceptors (Lipinski definition) is 7. The van der Waals surface area contributed by atoms with Crippen molar-refractivity contribution in [1.29, 1.82) is 0 Å². The summed E-state index contributed by atoms with van der Waals surface area (Å²) >= 11 is 0. The second-order valence-corrected chi connectivity index (χ2v) is 7.57. The number of benzene rings is 2. The number of ether oxygens (including phenoxy) is 4. The fraction of sp³-hybridized carbons (Fsp3) is 0.240. The Kier molecular flexibility index (Phi) is 6.27. The van der Waals surface area contributed by atoms with Gasteiger partial charge in [-0.05, 0) is 30.3 Å². The molecule has 4 rings (SSSR count). The fourth-order valence-electron chi connectivity index (χ4n) is 4.10. The molecule has 0 aliphatic carbocycles. The van der Waals surface area contributed by atoms with Gasteiger partial charge in [0.05, 0.1) is 46.2 Å². The minimum Gasteiger partial charge on any atom is -0.497 e. The van der Waals surface area contributed by atoms with Crippen LogP contribution in [0.25, 0.3) is 0 Å². The summed E-state index contributed by atoms with van der Waals surface area (Å²) in [7, 11) is 6.07. The first-order valence-corrected chi connectivity index (χ1v) is 10.5. The SMILES string of the molecule is COc1ccc(OC)c(NC(=O)C2(c3cccnc3)CC(=O)N2c2cc(OC)ccc2OC)c1. The first-order chi connectivity index (χ1) is 16.5. The van der Waals surface area contributed by atoms with Gasteiger partial charge in [-0.25, -0.2) is 0 Å². The van der Waals surface area contributed by atoms with Gasteiger partial charge in [-0.1, -0.05) is 6.07 Å². The van der Waals surface area contributed by atoms with Gasteiger partial charge in [-0.15, -0.1) is 0 Å². The number of aromatic nitrogens is 1. The molecule has 34 heavy (non-hydrogen) atoms. The van der Waals surface area contributed by atoms with Crippen molar-refractivity contribution in [2.24, 2.45) is 0 Å². The van der Waals surface area contributed by atoms with E-state index in [1.807, 2.05) is 0 Å². The predicted octanol–water partition coefficient (Wildman–Crippen LogP) is 3.39. The van der Waals surface area contributed by atoms with Crippen molar-refractivity contribution >= 4 is 23.2 Å². The van der Waals surface area contributed by atoms with Gasteiger partial charge in [0, 0.05) is 30.1 Å². The van der Waals surface area contributed by atoms with Gasteiger partial charge in [-0.2, -0.15) is 0 Å². The molecule has 1 aliphatic rings. The molecule has 2 amide bonds. The van der Waals surface area contributed by atoms with E-state index >= 15 is 0 Å². The molecule has 0 bridgehead atoms. The maximum Gasteiger partial charge on any atom is 0.256 e. The number of rotatable bonds is 8. The van der Waals surface area contributed by atoms with Crippen LogP contribution in [0.2, 0.25) is 0 Å². The highest BCUT2D eigenvalue weighted by Gasteiger charge is 2.59. The van der Waals surface area contributed by atoms with Crippen LogP contribution in [0.1, 0.15) is 12.0 Å². The monoisotopic (exact) mass is 463 g/mol. The molecule has 1 atom stereocenters. The van der Waals surface area contributed by atoms with Crippen LogP contribution in [0.15, 0.2) is 60.9 Å². The molecule has 0 saturated carbocycles. The zero-order valence-corrected chi connectivity index (χ0v) is 19.3. The molecule has 0 radical (unpaired) electrons. The van der Waals surface area contributed by atoms with Gasteiger partial charge in [0.25, 0.3) is 5.91 Å². The van der Waals surface area contributed by atoms with Gasteiger partial charge < -0.3 is 24.3 Å². The molecule has 176 valence electrons. The zero-order chi connectivity index (χ0) is 24.3. The van der Waals surface area contributed by atoms with Crippen LogP contribution in [0.3, 0.4) is 0 Å². The van der Waals surface area contributed by atoms with Gasteiger partial charge >= 0.3 is 0 Å². The van der Waals surface area contributed by atoms with Crippen molar-refractivity contribution in [2.45, 2.75) is 12.0 Å². The van der Waals surface area contributed by atoms with Crippen molar-refractivity contribution in [2.75, 3.05) is 38.7 Å². The number of pyridine rings is 1. The molecular weight excluding hydrogens is 438 g/mol. The summed E-state index contributed by atoms with van der Waals surface area (Å²) < 4.78 is 21.6. The van der Waals surface area contributed by atoms with Crippen LogP contribution in [0, 0.1) is 0 Å². The maximum absolute atomic E-state index is 14.0. The first kappa shape index (κ1) is 22.9. The Morgan fingerprint density at radius 1 is 0.941 bits per heavy atom. The summed E-state index contributed by atoms with van der Waals surface area (Å²) in [6, 6.07) is 13.6. The molecule has 0 spiro atoms. The van der Waals surface area contributed by atoms with E-state index in [2.05, 4.69) is 10.3 Å². The van der Waals surface area contributed by atoms with E-state index in [1.54, 1.807) is 60.9 Å². The van der Waals surface area contributed by atoms with Crippen molar-refractivity contribution in [1.82, 2.24) is 4.98 Å². The van der Waals surface area contributed by atoms with Crippen molar-refractivity contribution < 1.29 is 28.5 Å². The number of nitrogens with one attached hydrogen (secondary N) is 1. The largest absolute Gasteiger partial charge is 0.497 e. The Morgan fingerprint density at radius 3 is 2.21 bits per heavy atom. The molecule has 1 aliphatic heterocycles. The van der Waals surface area contributed by atoms with Crippen LogP contribution in [-0.2, 0) is 15.1 Å². The van der Waals surface area contributed by atoms with Crippen LogP contribution in [-0.4, -0.2) is 45.2 Å². The normalized spacial score (nSPS) is 16.9. The van der Waals surface area contributed by atoms with E-state index in [0.717, 1.165) is 0 Å². The molecule has 3 aromatic rings. The Labute approximate surface area is 197 Å². The van der Waals surface area contributed by atoms with Gasteiger partial charge in [0.2, 0.25) is 5.91 Å². The number of nitrogens with zero attached hydrogens (tertiary/aromatic N) is 2. The lowest BCUT2D eigenvalue weighted by Crippen LogP contribution is -2.67. The Hall–Kier alpha value is -4.27. The minimum absolute atomic E-state index is 0.0584. The summed E-state index contributed by atoms with van der Waals surface area (Å²) in [5.41, 5.74) is -0.000391. The van der Waals surface area contributed by atoms with Gasteiger partial charge in [0.15, 0.2) is 5.54 Å². The summed E-state index contributed by atoms with van der Waals surface area (Å²) in [6.45, 7) is 0. The first-order valence-electron chi connectivity index (χ1n) is 10.5. The fourth-order valence-corrected chi connectivity index (χ4v) is 4.10. The molecule has 1 saturated heterocycles. The Bertz CT molecular complexity index is 1220. The lowest BCUT2D eigenvalue weighted by molar-refractivity contribution is -0.137. The number of β-lactam (4-membered cyclic amide) rings is 1. The van der Waals surface area contributed by atoms with E-state index in [0.29, 0.717) is 39.9 Å². The number of carbonyl (C=O) groups excluding carboxylic acids is 2. The summed E-state index contributed by atoms with van der Waals surface area (Å²) in [5, 5.41) is 2.93. The maximum atomic E-state index is 14.0. The molecule has 2 aromatic carbocycles. The third-order valence-corrected chi connectivity index (χ3v) is 5.83. The van der Waals surface area contributed by atoms with Crippen LogP contribution in [0.4, 0.5) is 11.4 Å². The second kappa shape index (κ2) is 9.30. The lowest BCUT2D eigenvalue weighted by atomic mass is 9.76. The summed E-state index contributed by atoms with van der Waals surface area (Å²) in [5.74, 6) is 1.26. The third kappa shape index (κ3) is 3.75. The van der Waals surface area contributed by atoms with E-state index in [-0.39, 0.29) is 12.3 Å². The van der Waals surface area contributed by atoms with Crippen molar-refractivity contribution in [3.8, 4) is 23.0 Å². The average Bonchev–Trinajstić information content (AvgIpc) is 2.87. The van der Waals surface area contributed by atoms with Crippen molar-refractivity contribution in [3.05, 3.63) is 66.5 Å². The molecule has 9 heteroatoms. The average molecular weight is 463 g/mol. The van der Waals surface area contributed by atoms with Gasteiger partial charge in [0.1, 0.15) is 23.0 Å². The zero-order valence-electron chi connectivity index (χ0n) is 19.3. The number of anilines is 2. The Balaban J connectivity index is 1.85. The number of amides is 2. The Morgan fingerprint density at radius 2 is 1.62 bits per heavy atom. The molecule has 2 heterocycles. The summed E-state index contributed by atoms with van der Waals surface area (Å²) in [4.78, 5) is 32.6. The number of hydrogen-bond donors (Lipinski definition) is 1.